The van der Waals surface area contributed by atoms with Gasteiger partial charge in [-0.1, -0.05) is 12.1 Å². The van der Waals surface area contributed by atoms with Crippen LogP contribution in [0.25, 0.3) is 0 Å². The van der Waals surface area contributed by atoms with Crippen molar-refractivity contribution in [3.63, 3.8) is 0 Å². The number of carboxylic acid groups (broad SMARTS) is 1. The minimum absolute atomic E-state index is 0.0354. The highest BCUT2D eigenvalue weighted by Crippen LogP contribution is 2.44. The molecule has 0 aliphatic carbocycles. The Balaban J connectivity index is 1.99. The molecule has 13 nitrogen and oxygen atoms in total. The van der Waals surface area contributed by atoms with Crippen molar-refractivity contribution in [1.29, 1.82) is 0 Å². The summed E-state index contributed by atoms with van der Waals surface area (Å²) in [5.41, 5.74) is -0.222. The molecule has 2 unspecified atom stereocenters. The van der Waals surface area contributed by atoms with Crippen molar-refractivity contribution in [2.24, 2.45) is 0 Å². The Bertz CT molecular complexity index is 1060. The lowest BCUT2D eigenvalue weighted by Gasteiger charge is -2.22. The number of hydrogen-bond donors (Lipinski definition) is 3. The normalized spacial score (nSPS) is 14.0. The van der Waals surface area contributed by atoms with E-state index in [0.717, 1.165) is 6.07 Å². The monoisotopic (exact) mass is 499 g/mol. The SMILES string of the molecule is CNP(=O)(OCc1ccc([N+](=O)[O-])o1)Oc1ccc(CC(NC(=O)OC(C)(C)C)C(=O)O)cc1. The molecule has 1 amide bonds. The maximum atomic E-state index is 12.8. The molecule has 0 aliphatic rings. The van der Waals surface area contributed by atoms with Gasteiger partial charge in [-0.25, -0.2) is 19.2 Å². The fourth-order valence-corrected chi connectivity index (χ4v) is 3.51. The molecule has 34 heavy (non-hydrogen) atoms. The molecule has 1 heterocycles. The van der Waals surface area contributed by atoms with Crippen LogP contribution in [0.2, 0.25) is 0 Å². The second kappa shape index (κ2) is 11.1. The van der Waals surface area contributed by atoms with E-state index in [4.69, 9.17) is 18.2 Å². The number of rotatable bonds is 11. The Morgan fingerprint density at radius 1 is 1.21 bits per heavy atom. The molecule has 1 aromatic heterocycles. The molecule has 186 valence electrons. The molecule has 0 saturated carbocycles. The average Bonchev–Trinajstić information content (AvgIpc) is 3.21. The summed E-state index contributed by atoms with van der Waals surface area (Å²) in [6.45, 7) is 4.63. The van der Waals surface area contributed by atoms with Gasteiger partial charge in [0.05, 0.1) is 6.07 Å². The van der Waals surface area contributed by atoms with E-state index >= 15 is 0 Å². The van der Waals surface area contributed by atoms with Crippen LogP contribution in [-0.2, 0) is 31.6 Å². The molecule has 14 heteroatoms. The second-order valence-electron chi connectivity index (χ2n) is 7.97. The highest BCUT2D eigenvalue weighted by Gasteiger charge is 2.27. The van der Waals surface area contributed by atoms with Gasteiger partial charge in [0.1, 0.15) is 34.7 Å². The molecule has 0 spiro atoms. The summed E-state index contributed by atoms with van der Waals surface area (Å²) in [5, 5.41) is 24.8. The Labute approximate surface area is 195 Å². The lowest BCUT2D eigenvalue weighted by molar-refractivity contribution is -0.402. The highest BCUT2D eigenvalue weighted by atomic mass is 31.2. The van der Waals surface area contributed by atoms with Crippen molar-refractivity contribution in [3.8, 4) is 5.75 Å². The van der Waals surface area contributed by atoms with Gasteiger partial charge in [-0.15, -0.1) is 0 Å². The van der Waals surface area contributed by atoms with E-state index in [9.17, 15) is 29.4 Å². The molecule has 0 saturated heterocycles. The van der Waals surface area contributed by atoms with Crippen LogP contribution in [0, 0.1) is 10.1 Å². The van der Waals surface area contributed by atoms with E-state index in [1.165, 1.54) is 37.4 Å². The topological polar surface area (TPSA) is 179 Å². The molecule has 2 rings (SSSR count). The molecule has 0 aliphatic heterocycles. The van der Waals surface area contributed by atoms with Gasteiger partial charge in [0, 0.05) is 6.42 Å². The number of furan rings is 1. The van der Waals surface area contributed by atoms with Crippen molar-refractivity contribution < 1.29 is 42.4 Å². The van der Waals surface area contributed by atoms with Crippen LogP contribution >= 0.6 is 7.75 Å². The number of nitrogens with zero attached hydrogens (tertiary/aromatic N) is 1. The van der Waals surface area contributed by atoms with Gasteiger partial charge in [-0.2, -0.15) is 0 Å². The Kier molecular flexibility index (Phi) is 8.80. The molecule has 0 radical (unpaired) electrons. The summed E-state index contributed by atoms with van der Waals surface area (Å²) in [6, 6.07) is 7.21. The second-order valence-corrected chi connectivity index (χ2v) is 9.85. The van der Waals surface area contributed by atoms with Crippen LogP contribution in [0.4, 0.5) is 10.7 Å². The first-order valence-corrected chi connectivity index (χ1v) is 11.5. The fraction of sp³-hybridized carbons (Fsp3) is 0.400. The maximum Gasteiger partial charge on any atom is 0.458 e. The number of alkyl carbamates (subject to hydrolysis) is 1. The first-order chi connectivity index (χ1) is 15.8. The number of aliphatic carboxylic acids is 1. The van der Waals surface area contributed by atoms with Gasteiger partial charge in [-0.05, 0) is 51.6 Å². The molecule has 0 fully saturated rings. The first-order valence-electron chi connectivity index (χ1n) is 9.98. The van der Waals surface area contributed by atoms with Crippen molar-refractivity contribution >= 4 is 25.7 Å². The van der Waals surface area contributed by atoms with Crippen LogP contribution < -0.4 is 14.9 Å². The summed E-state index contributed by atoms with van der Waals surface area (Å²) < 4.78 is 33.4. The first kappa shape index (κ1) is 26.8. The van der Waals surface area contributed by atoms with E-state index in [1.807, 2.05) is 0 Å². The predicted molar refractivity (Wildman–Crippen MR) is 118 cm³/mol. The van der Waals surface area contributed by atoms with Gasteiger partial charge in [0.25, 0.3) is 0 Å². The predicted octanol–water partition coefficient (Wildman–Crippen LogP) is 3.63. The maximum absolute atomic E-state index is 12.8. The standard InChI is InChI=1S/C20H26N3O10P/c1-20(2,3)32-19(26)22-16(18(24)25)11-13-5-7-14(8-6-13)33-34(29,21-4)30-12-15-9-10-17(31-15)23(27)28/h5-10,16H,11-12H2,1-4H3,(H,21,29)(H,22,26)(H,24,25). The number of carbonyl (C=O) groups is 2. The van der Waals surface area contributed by atoms with Gasteiger partial charge >= 0.3 is 25.7 Å². The number of nitro groups is 1. The van der Waals surface area contributed by atoms with Crippen molar-refractivity contribution in [1.82, 2.24) is 10.4 Å². The van der Waals surface area contributed by atoms with Crippen LogP contribution in [0.15, 0.2) is 40.8 Å². The molecule has 2 atom stereocenters. The molecular formula is C20H26N3O10P. The third kappa shape index (κ3) is 8.50. The number of carboxylic acids is 1. The van der Waals surface area contributed by atoms with Crippen LogP contribution in [0.1, 0.15) is 32.1 Å². The zero-order chi connectivity index (χ0) is 25.5. The van der Waals surface area contributed by atoms with E-state index in [0.29, 0.717) is 5.56 Å². The largest absolute Gasteiger partial charge is 0.480 e. The van der Waals surface area contributed by atoms with E-state index in [1.54, 1.807) is 20.8 Å². The van der Waals surface area contributed by atoms with Crippen molar-refractivity contribution in [2.45, 2.75) is 45.4 Å². The van der Waals surface area contributed by atoms with Crippen LogP contribution in [-0.4, -0.2) is 40.8 Å². The van der Waals surface area contributed by atoms with Gasteiger partial charge in [0.15, 0.2) is 0 Å². The fourth-order valence-electron chi connectivity index (χ4n) is 2.54. The Hall–Kier alpha value is -3.41. The lowest BCUT2D eigenvalue weighted by Crippen LogP contribution is -2.44. The molecule has 3 N–H and O–H groups in total. The third-order valence-electron chi connectivity index (χ3n) is 4.06. The van der Waals surface area contributed by atoms with Gasteiger partial charge in [0.2, 0.25) is 0 Å². The smallest absolute Gasteiger partial charge is 0.458 e. The zero-order valence-electron chi connectivity index (χ0n) is 19.0. The molecule has 1 aromatic carbocycles. The number of benzene rings is 1. The van der Waals surface area contributed by atoms with E-state index in [2.05, 4.69) is 10.4 Å². The molecular weight excluding hydrogens is 473 g/mol. The minimum atomic E-state index is -3.85. The number of amides is 1. The van der Waals surface area contributed by atoms with E-state index in [-0.39, 0.29) is 24.5 Å². The summed E-state index contributed by atoms with van der Waals surface area (Å²) in [6.07, 6.45) is -0.888. The number of nitrogens with one attached hydrogen (secondary N) is 2. The molecule has 0 bridgehead atoms. The van der Waals surface area contributed by atoms with Crippen molar-refractivity contribution in [3.05, 3.63) is 57.8 Å². The number of carbonyl (C=O) groups excluding carboxylic acids is 1. The summed E-state index contributed by atoms with van der Waals surface area (Å²) >= 11 is 0. The van der Waals surface area contributed by atoms with E-state index < -0.39 is 42.3 Å². The minimum Gasteiger partial charge on any atom is -0.480 e. The number of hydrogen-bond acceptors (Lipinski definition) is 9. The third-order valence-corrected chi connectivity index (χ3v) is 5.52. The van der Waals surface area contributed by atoms with Gasteiger partial charge in [-0.3, -0.25) is 14.6 Å². The Morgan fingerprint density at radius 2 is 1.85 bits per heavy atom. The van der Waals surface area contributed by atoms with Gasteiger partial charge < -0.3 is 24.1 Å². The lowest BCUT2D eigenvalue weighted by atomic mass is 10.1. The zero-order valence-corrected chi connectivity index (χ0v) is 19.9. The van der Waals surface area contributed by atoms with Crippen LogP contribution in [0.5, 0.6) is 5.75 Å². The van der Waals surface area contributed by atoms with Crippen LogP contribution in [0.3, 0.4) is 0 Å². The summed E-state index contributed by atoms with van der Waals surface area (Å²) in [7, 11) is -2.50. The Morgan fingerprint density at radius 3 is 2.35 bits per heavy atom. The highest BCUT2D eigenvalue weighted by molar-refractivity contribution is 7.52. The summed E-state index contributed by atoms with van der Waals surface area (Å²) in [5.74, 6) is -1.48. The quantitative estimate of drug-likeness (QED) is 0.233. The average molecular weight is 499 g/mol. The van der Waals surface area contributed by atoms with Crippen molar-refractivity contribution in [2.75, 3.05) is 7.05 Å². The number of ether oxygens (including phenoxy) is 1. The summed E-state index contributed by atoms with van der Waals surface area (Å²) in [4.78, 5) is 33.4. The molecule has 2 aromatic rings.